The van der Waals surface area contributed by atoms with Gasteiger partial charge in [-0.3, -0.25) is 9.59 Å². The number of nitrogens with one attached hydrogen (secondary N) is 2. The first-order chi connectivity index (χ1) is 12.6. The molecule has 0 radical (unpaired) electrons. The fourth-order valence-corrected chi connectivity index (χ4v) is 2.54. The van der Waals surface area contributed by atoms with Crippen LogP contribution in [0.5, 0.6) is 0 Å². The van der Waals surface area contributed by atoms with E-state index in [4.69, 9.17) is 4.74 Å². The van der Waals surface area contributed by atoms with Crippen LogP contribution in [-0.4, -0.2) is 23.5 Å². The van der Waals surface area contributed by atoms with Crippen molar-refractivity contribution in [1.29, 1.82) is 0 Å². The molecule has 0 saturated carbocycles. The van der Waals surface area contributed by atoms with Gasteiger partial charge in [-0.15, -0.1) is 0 Å². The summed E-state index contributed by atoms with van der Waals surface area (Å²) in [6.07, 6.45) is 0.912. The van der Waals surface area contributed by atoms with Crippen LogP contribution in [0.3, 0.4) is 0 Å². The molecule has 2 aromatic carbocycles. The van der Waals surface area contributed by atoms with Gasteiger partial charge in [0.15, 0.2) is 12.0 Å². The largest absolute Gasteiger partial charge is 0.451 e. The molecule has 0 fully saturated rings. The molecule has 0 aliphatic carbocycles. The van der Waals surface area contributed by atoms with Gasteiger partial charge < -0.3 is 15.0 Å². The third kappa shape index (κ3) is 3.97. The van der Waals surface area contributed by atoms with Crippen molar-refractivity contribution in [3.63, 3.8) is 0 Å². The van der Waals surface area contributed by atoms with Crippen molar-refractivity contribution in [3.8, 4) is 0 Å². The van der Waals surface area contributed by atoms with Crippen molar-refractivity contribution < 1.29 is 14.3 Å². The molecule has 132 valence electrons. The lowest BCUT2D eigenvalue weighted by atomic mass is 10.1. The Labute approximate surface area is 149 Å². The van der Waals surface area contributed by atoms with Crippen LogP contribution in [0.1, 0.15) is 23.0 Å². The number of fused-ring (bicyclic) bond motifs is 1. The summed E-state index contributed by atoms with van der Waals surface area (Å²) in [5.41, 5.74) is 2.05. The molecule has 6 heteroatoms. The highest BCUT2D eigenvalue weighted by Gasteiger charge is 2.13. The van der Waals surface area contributed by atoms with Crippen LogP contribution < -0.4 is 10.7 Å². The van der Waals surface area contributed by atoms with E-state index < -0.39 is 18.5 Å². The Morgan fingerprint density at radius 2 is 1.81 bits per heavy atom. The van der Waals surface area contributed by atoms with Crippen LogP contribution in [0.4, 0.5) is 5.69 Å². The predicted molar refractivity (Wildman–Crippen MR) is 99.3 cm³/mol. The quantitative estimate of drug-likeness (QED) is 0.693. The van der Waals surface area contributed by atoms with E-state index in [-0.39, 0.29) is 11.1 Å². The summed E-state index contributed by atoms with van der Waals surface area (Å²) in [6.45, 7) is 1.60. The number of carbonyl (C=O) groups excluding carboxylic acids is 2. The maximum atomic E-state index is 12.1. The molecule has 6 nitrogen and oxygen atoms in total. The summed E-state index contributed by atoms with van der Waals surface area (Å²) < 4.78 is 4.99. The average Bonchev–Trinajstić information content (AvgIpc) is 2.66. The van der Waals surface area contributed by atoms with Crippen molar-refractivity contribution in [2.24, 2.45) is 0 Å². The number of benzene rings is 2. The Hall–Kier alpha value is -3.41. The van der Waals surface area contributed by atoms with Gasteiger partial charge in [0.1, 0.15) is 5.69 Å². The van der Waals surface area contributed by atoms with Crippen molar-refractivity contribution in [1.82, 2.24) is 4.98 Å². The van der Waals surface area contributed by atoms with Crippen LogP contribution in [0.25, 0.3) is 10.9 Å². The maximum absolute atomic E-state index is 12.1. The van der Waals surface area contributed by atoms with Gasteiger partial charge in [0.2, 0.25) is 0 Å². The van der Waals surface area contributed by atoms with Crippen molar-refractivity contribution in [2.45, 2.75) is 13.3 Å². The van der Waals surface area contributed by atoms with Gasteiger partial charge in [-0.1, -0.05) is 31.2 Å². The van der Waals surface area contributed by atoms with Gasteiger partial charge in [-0.05, 0) is 36.2 Å². The number of carbonyl (C=O) groups is 2. The first-order valence-corrected chi connectivity index (χ1v) is 8.25. The number of H-pyrrole nitrogens is 1. The minimum absolute atomic E-state index is 0.00815. The van der Waals surface area contributed by atoms with E-state index in [0.29, 0.717) is 16.6 Å². The monoisotopic (exact) mass is 350 g/mol. The van der Waals surface area contributed by atoms with Crippen LogP contribution in [-0.2, 0) is 16.0 Å². The molecule has 0 saturated heterocycles. The maximum Gasteiger partial charge on any atom is 0.355 e. The number of esters is 1. The number of hydrogen-bond donors (Lipinski definition) is 2. The smallest absolute Gasteiger partial charge is 0.355 e. The van der Waals surface area contributed by atoms with Gasteiger partial charge in [0.05, 0.1) is 0 Å². The number of para-hydroxylation sites is 1. The second kappa shape index (κ2) is 7.65. The number of hydrogen-bond acceptors (Lipinski definition) is 4. The molecular formula is C20H18N2O4. The Bertz CT molecular complexity index is 1010. The van der Waals surface area contributed by atoms with E-state index in [2.05, 4.69) is 10.3 Å². The van der Waals surface area contributed by atoms with E-state index in [1.807, 2.05) is 19.1 Å². The molecule has 0 aliphatic heterocycles. The molecule has 1 amide bonds. The Morgan fingerprint density at radius 1 is 1.08 bits per heavy atom. The van der Waals surface area contributed by atoms with E-state index in [1.165, 1.54) is 6.07 Å². The summed E-state index contributed by atoms with van der Waals surface area (Å²) in [5, 5.41) is 3.14. The van der Waals surface area contributed by atoms with Gasteiger partial charge in [0, 0.05) is 22.7 Å². The predicted octanol–water partition coefficient (Wildman–Crippen LogP) is 2.89. The molecule has 0 aliphatic rings. The van der Waals surface area contributed by atoms with Crippen molar-refractivity contribution >= 4 is 28.5 Å². The number of pyridine rings is 1. The zero-order chi connectivity index (χ0) is 18.5. The molecule has 0 unspecified atom stereocenters. The van der Waals surface area contributed by atoms with Crippen LogP contribution in [0.15, 0.2) is 59.4 Å². The molecule has 0 bridgehead atoms. The highest BCUT2D eigenvalue weighted by Crippen LogP contribution is 2.10. The van der Waals surface area contributed by atoms with E-state index in [0.717, 1.165) is 12.0 Å². The van der Waals surface area contributed by atoms with Crippen LogP contribution in [0.2, 0.25) is 0 Å². The number of amides is 1. The molecule has 3 rings (SSSR count). The van der Waals surface area contributed by atoms with Gasteiger partial charge >= 0.3 is 5.97 Å². The first kappa shape index (κ1) is 17.4. The SMILES string of the molecule is CCc1ccc(NC(=O)COC(=O)c2cc(=O)c3ccccc3[nH]2)cc1. The summed E-state index contributed by atoms with van der Waals surface area (Å²) in [5.74, 6) is -1.21. The minimum Gasteiger partial charge on any atom is -0.451 e. The van der Waals surface area contributed by atoms with E-state index in [9.17, 15) is 14.4 Å². The van der Waals surface area contributed by atoms with Crippen molar-refractivity contribution in [2.75, 3.05) is 11.9 Å². The van der Waals surface area contributed by atoms with Gasteiger partial charge in [0.25, 0.3) is 5.91 Å². The van der Waals surface area contributed by atoms with Gasteiger partial charge in [-0.2, -0.15) is 0 Å². The molecule has 3 aromatic rings. The highest BCUT2D eigenvalue weighted by molar-refractivity contribution is 5.95. The molecule has 26 heavy (non-hydrogen) atoms. The number of aromatic nitrogens is 1. The summed E-state index contributed by atoms with van der Waals surface area (Å²) in [4.78, 5) is 38.9. The van der Waals surface area contributed by atoms with Crippen molar-refractivity contribution in [3.05, 3.63) is 76.1 Å². The Kier molecular flexibility index (Phi) is 5.12. The number of aryl methyl sites for hydroxylation is 1. The lowest BCUT2D eigenvalue weighted by Gasteiger charge is -2.08. The lowest BCUT2D eigenvalue weighted by Crippen LogP contribution is -2.22. The van der Waals surface area contributed by atoms with Gasteiger partial charge in [-0.25, -0.2) is 4.79 Å². The van der Waals surface area contributed by atoms with E-state index in [1.54, 1.807) is 36.4 Å². The Morgan fingerprint density at radius 3 is 2.54 bits per heavy atom. The summed E-state index contributed by atoms with van der Waals surface area (Å²) in [6, 6.07) is 15.5. The van der Waals surface area contributed by atoms with Crippen LogP contribution in [0, 0.1) is 0 Å². The molecule has 0 spiro atoms. The lowest BCUT2D eigenvalue weighted by molar-refractivity contribution is -0.119. The third-order valence-corrected chi connectivity index (χ3v) is 3.94. The molecule has 0 atom stereocenters. The fourth-order valence-electron chi connectivity index (χ4n) is 2.54. The fraction of sp³-hybridized carbons (Fsp3) is 0.150. The molecule has 1 aromatic heterocycles. The Balaban J connectivity index is 1.63. The number of rotatable bonds is 5. The third-order valence-electron chi connectivity index (χ3n) is 3.94. The zero-order valence-corrected chi connectivity index (χ0v) is 14.2. The van der Waals surface area contributed by atoms with E-state index >= 15 is 0 Å². The summed E-state index contributed by atoms with van der Waals surface area (Å²) in [7, 11) is 0. The average molecular weight is 350 g/mol. The second-order valence-electron chi connectivity index (χ2n) is 5.77. The number of aromatic amines is 1. The molecule has 1 heterocycles. The number of anilines is 1. The normalized spacial score (nSPS) is 10.5. The standard InChI is InChI=1S/C20H18N2O4/c1-2-13-7-9-14(10-8-13)21-19(24)12-26-20(25)17-11-18(23)15-5-3-4-6-16(15)22-17/h3-11H,2,12H2,1H3,(H,21,24)(H,22,23). The highest BCUT2D eigenvalue weighted by atomic mass is 16.5. The molecular weight excluding hydrogens is 332 g/mol. The molecule has 2 N–H and O–H groups in total. The first-order valence-electron chi connectivity index (χ1n) is 8.25. The topological polar surface area (TPSA) is 88.3 Å². The zero-order valence-electron chi connectivity index (χ0n) is 14.2. The van der Waals surface area contributed by atoms with Crippen LogP contribution >= 0.6 is 0 Å². The summed E-state index contributed by atoms with van der Waals surface area (Å²) >= 11 is 0. The minimum atomic E-state index is -0.760. The second-order valence-corrected chi connectivity index (χ2v) is 5.77. The number of ether oxygens (including phenoxy) is 1.